The van der Waals surface area contributed by atoms with Gasteiger partial charge in [-0.25, -0.2) is 9.67 Å². The summed E-state index contributed by atoms with van der Waals surface area (Å²) in [5.41, 5.74) is 6.28. The maximum atomic E-state index is 5.56. The lowest BCUT2D eigenvalue weighted by Crippen LogP contribution is -2.11. The molecule has 3 heterocycles. The first-order valence-electron chi connectivity index (χ1n) is 10.1. The zero-order chi connectivity index (χ0) is 21.8. The minimum absolute atomic E-state index is 0.663. The Morgan fingerprint density at radius 3 is 2.61 bits per heavy atom. The highest BCUT2D eigenvalue weighted by atomic mass is 32.1. The normalized spacial score (nSPS) is 12.1. The fourth-order valence-corrected chi connectivity index (χ4v) is 4.25. The van der Waals surface area contributed by atoms with Crippen molar-refractivity contribution >= 4 is 23.2 Å². The van der Waals surface area contributed by atoms with Crippen LogP contribution in [-0.4, -0.2) is 27.0 Å². The number of ether oxygens (including phenoxy) is 1. The molecule has 158 valence electrons. The Labute approximate surface area is 185 Å². The molecule has 0 radical (unpaired) electrons. The lowest BCUT2D eigenvalue weighted by Gasteiger charge is -2.11. The van der Waals surface area contributed by atoms with Crippen LogP contribution in [-0.2, 0) is 0 Å². The third-order valence-corrected chi connectivity index (χ3v) is 5.84. The van der Waals surface area contributed by atoms with Crippen molar-refractivity contribution in [1.82, 2.24) is 14.2 Å². The molecule has 0 aliphatic carbocycles. The maximum Gasteiger partial charge on any atom is 0.211 e. The Kier molecular flexibility index (Phi) is 6.13. The van der Waals surface area contributed by atoms with E-state index in [1.54, 1.807) is 23.7 Å². The van der Waals surface area contributed by atoms with Gasteiger partial charge < -0.3 is 9.30 Å². The summed E-state index contributed by atoms with van der Waals surface area (Å²) in [7, 11) is 0. The van der Waals surface area contributed by atoms with Crippen LogP contribution < -0.4 is 9.54 Å². The van der Waals surface area contributed by atoms with Crippen LogP contribution in [0.5, 0.6) is 5.75 Å². The molecule has 0 bridgehead atoms. The predicted octanol–water partition coefficient (Wildman–Crippen LogP) is 5.17. The number of thiazole rings is 1. The standard InChI is InChI=1S/C24H25N5OS/c1-5-30-23-10-8-22(9-11-23)28-17(2)13-20(19(28)4)14-26-29-18(3)16-31-24(29)27-21-7-6-12-25-15-21/h6-16H,5H2,1-4H3. The van der Waals surface area contributed by atoms with Gasteiger partial charge in [0.1, 0.15) is 5.75 Å². The van der Waals surface area contributed by atoms with Crippen molar-refractivity contribution < 1.29 is 4.74 Å². The third-order valence-electron chi connectivity index (χ3n) is 4.91. The molecular weight excluding hydrogens is 406 g/mol. The van der Waals surface area contributed by atoms with E-state index < -0.39 is 0 Å². The summed E-state index contributed by atoms with van der Waals surface area (Å²) in [5.74, 6) is 0.879. The molecule has 0 aliphatic rings. The van der Waals surface area contributed by atoms with Crippen LogP contribution in [0.1, 0.15) is 29.6 Å². The minimum atomic E-state index is 0.663. The van der Waals surface area contributed by atoms with E-state index in [4.69, 9.17) is 9.84 Å². The molecule has 7 heteroatoms. The van der Waals surface area contributed by atoms with Crippen LogP contribution in [0.4, 0.5) is 5.69 Å². The van der Waals surface area contributed by atoms with Crippen molar-refractivity contribution in [2.24, 2.45) is 10.1 Å². The van der Waals surface area contributed by atoms with Crippen LogP contribution >= 0.6 is 11.3 Å². The van der Waals surface area contributed by atoms with Gasteiger partial charge in [-0.3, -0.25) is 4.98 Å². The van der Waals surface area contributed by atoms with Gasteiger partial charge in [0.25, 0.3) is 0 Å². The fourth-order valence-electron chi connectivity index (χ4n) is 3.43. The van der Waals surface area contributed by atoms with E-state index in [1.165, 1.54) is 0 Å². The van der Waals surface area contributed by atoms with Gasteiger partial charge in [0.05, 0.1) is 30.4 Å². The van der Waals surface area contributed by atoms with Gasteiger partial charge in [-0.2, -0.15) is 5.10 Å². The van der Waals surface area contributed by atoms with Gasteiger partial charge in [-0.15, -0.1) is 11.3 Å². The average molecular weight is 432 g/mol. The van der Waals surface area contributed by atoms with Crippen LogP contribution in [0.15, 0.2) is 70.3 Å². The summed E-state index contributed by atoms with van der Waals surface area (Å²) in [6.45, 7) is 8.89. The summed E-state index contributed by atoms with van der Waals surface area (Å²) in [4.78, 5) is 9.62. The number of hydrogen-bond donors (Lipinski definition) is 0. The quantitative estimate of drug-likeness (QED) is 0.395. The van der Waals surface area contributed by atoms with E-state index >= 15 is 0 Å². The van der Waals surface area contributed by atoms with E-state index in [2.05, 4.69) is 52.0 Å². The second-order valence-electron chi connectivity index (χ2n) is 7.13. The Balaban J connectivity index is 1.67. The second kappa shape index (κ2) is 9.14. The minimum Gasteiger partial charge on any atom is -0.494 e. The molecule has 1 aromatic carbocycles. The number of nitrogens with zero attached hydrogens (tertiary/aromatic N) is 5. The molecule has 6 nitrogen and oxygen atoms in total. The van der Waals surface area contributed by atoms with Gasteiger partial charge in [-0.05, 0) is 70.2 Å². The summed E-state index contributed by atoms with van der Waals surface area (Å²) in [5, 5.41) is 6.79. The number of aromatic nitrogens is 3. The fraction of sp³-hybridized carbons (Fsp3) is 0.208. The molecule has 0 atom stereocenters. The summed E-state index contributed by atoms with van der Waals surface area (Å²) >= 11 is 1.56. The van der Waals surface area contributed by atoms with Crippen LogP contribution in [0, 0.1) is 20.8 Å². The van der Waals surface area contributed by atoms with Gasteiger partial charge in [0.2, 0.25) is 4.80 Å². The smallest absolute Gasteiger partial charge is 0.211 e. The first-order chi connectivity index (χ1) is 15.1. The number of benzene rings is 1. The number of hydrogen-bond acceptors (Lipinski definition) is 5. The Morgan fingerprint density at radius 1 is 1.10 bits per heavy atom. The largest absolute Gasteiger partial charge is 0.494 e. The van der Waals surface area contributed by atoms with E-state index in [1.807, 2.05) is 49.0 Å². The van der Waals surface area contributed by atoms with Gasteiger partial charge >= 0.3 is 0 Å². The molecule has 0 saturated carbocycles. The summed E-state index contributed by atoms with van der Waals surface area (Å²) in [6, 6.07) is 14.1. The van der Waals surface area contributed by atoms with Crippen LogP contribution in [0.3, 0.4) is 0 Å². The van der Waals surface area contributed by atoms with Crippen molar-refractivity contribution in [3.05, 3.63) is 87.7 Å². The molecule has 0 unspecified atom stereocenters. The first kappa shape index (κ1) is 20.8. The van der Waals surface area contributed by atoms with E-state index in [-0.39, 0.29) is 0 Å². The molecule has 0 fully saturated rings. The molecule has 0 N–H and O–H groups in total. The molecule has 4 aromatic rings. The molecule has 0 amide bonds. The Hall–Kier alpha value is -3.45. The van der Waals surface area contributed by atoms with Crippen molar-refractivity contribution in [3.63, 3.8) is 0 Å². The molecule has 3 aromatic heterocycles. The molecule has 0 spiro atoms. The monoisotopic (exact) mass is 431 g/mol. The van der Waals surface area contributed by atoms with Crippen molar-refractivity contribution in [2.75, 3.05) is 6.61 Å². The maximum absolute atomic E-state index is 5.56. The zero-order valence-electron chi connectivity index (χ0n) is 18.1. The molecule has 31 heavy (non-hydrogen) atoms. The molecule has 4 rings (SSSR count). The molecule has 0 aliphatic heterocycles. The highest BCUT2D eigenvalue weighted by molar-refractivity contribution is 7.07. The average Bonchev–Trinajstić information content (AvgIpc) is 3.26. The van der Waals surface area contributed by atoms with E-state index in [0.29, 0.717) is 6.61 Å². The first-order valence-corrected chi connectivity index (χ1v) is 11.0. The lowest BCUT2D eigenvalue weighted by atomic mass is 10.2. The van der Waals surface area contributed by atoms with Crippen LogP contribution in [0.25, 0.3) is 5.69 Å². The summed E-state index contributed by atoms with van der Waals surface area (Å²) in [6.07, 6.45) is 5.38. The highest BCUT2D eigenvalue weighted by Crippen LogP contribution is 2.22. The molecule has 0 saturated heterocycles. The highest BCUT2D eigenvalue weighted by Gasteiger charge is 2.10. The van der Waals surface area contributed by atoms with Crippen molar-refractivity contribution in [3.8, 4) is 11.4 Å². The molecular formula is C24H25N5OS. The van der Waals surface area contributed by atoms with Gasteiger partial charge in [0.15, 0.2) is 0 Å². The number of rotatable bonds is 6. The Morgan fingerprint density at radius 2 is 1.90 bits per heavy atom. The zero-order valence-corrected chi connectivity index (χ0v) is 18.9. The topological polar surface area (TPSA) is 56.7 Å². The van der Waals surface area contributed by atoms with E-state index in [9.17, 15) is 0 Å². The Bertz CT molecular complexity index is 1260. The van der Waals surface area contributed by atoms with Gasteiger partial charge in [-0.1, -0.05) is 0 Å². The van der Waals surface area contributed by atoms with E-state index in [0.717, 1.165) is 44.6 Å². The van der Waals surface area contributed by atoms with Crippen LogP contribution in [0.2, 0.25) is 0 Å². The van der Waals surface area contributed by atoms with Gasteiger partial charge in [0, 0.05) is 34.2 Å². The van der Waals surface area contributed by atoms with Crippen molar-refractivity contribution in [2.45, 2.75) is 27.7 Å². The SMILES string of the molecule is CCOc1ccc(-n2c(C)cc(C=Nn3c(C)csc3=Nc3cccnc3)c2C)cc1. The summed E-state index contributed by atoms with van der Waals surface area (Å²) < 4.78 is 9.65. The van der Waals surface area contributed by atoms with Crippen molar-refractivity contribution in [1.29, 1.82) is 0 Å². The third kappa shape index (κ3) is 4.51. The number of aryl methyl sites for hydroxylation is 2. The second-order valence-corrected chi connectivity index (χ2v) is 7.96. The lowest BCUT2D eigenvalue weighted by molar-refractivity contribution is 0.340. The predicted molar refractivity (Wildman–Crippen MR) is 126 cm³/mol. The number of pyridine rings is 1.